The molecule has 1 saturated carbocycles. The van der Waals surface area contributed by atoms with E-state index in [-0.39, 0.29) is 6.04 Å². The number of aromatic nitrogens is 2. The van der Waals surface area contributed by atoms with Crippen LogP contribution in [0.1, 0.15) is 31.2 Å². The van der Waals surface area contributed by atoms with Gasteiger partial charge in [0.2, 0.25) is 0 Å². The van der Waals surface area contributed by atoms with Crippen molar-refractivity contribution in [2.75, 3.05) is 0 Å². The lowest BCUT2D eigenvalue weighted by atomic mass is 9.96. The summed E-state index contributed by atoms with van der Waals surface area (Å²) in [4.78, 5) is 0. The van der Waals surface area contributed by atoms with Crippen LogP contribution in [0.15, 0.2) is 12.4 Å². The largest absolute Gasteiger partial charge is 0.328 e. The monoisotopic (exact) mass is 211 g/mol. The van der Waals surface area contributed by atoms with Crippen molar-refractivity contribution < 1.29 is 4.39 Å². The number of aryl methyl sites for hydroxylation is 2. The van der Waals surface area contributed by atoms with Crippen molar-refractivity contribution in [2.45, 2.75) is 43.8 Å². The van der Waals surface area contributed by atoms with E-state index < -0.39 is 5.67 Å². The molecular weight excluding hydrogens is 193 g/mol. The van der Waals surface area contributed by atoms with Crippen LogP contribution in [0.3, 0.4) is 0 Å². The Morgan fingerprint density at radius 2 is 2.53 bits per heavy atom. The summed E-state index contributed by atoms with van der Waals surface area (Å²) < 4.78 is 15.9. The molecule has 1 fully saturated rings. The van der Waals surface area contributed by atoms with Gasteiger partial charge in [-0.2, -0.15) is 5.10 Å². The first-order valence-electron chi connectivity index (χ1n) is 5.49. The Hall–Kier alpha value is -0.900. The molecule has 0 radical (unpaired) electrons. The van der Waals surface area contributed by atoms with Crippen molar-refractivity contribution in [3.05, 3.63) is 18.0 Å². The van der Waals surface area contributed by atoms with E-state index in [1.807, 2.05) is 13.2 Å². The van der Waals surface area contributed by atoms with Crippen LogP contribution < -0.4 is 5.73 Å². The van der Waals surface area contributed by atoms with Crippen LogP contribution in [0.4, 0.5) is 4.39 Å². The van der Waals surface area contributed by atoms with Gasteiger partial charge in [-0.25, -0.2) is 4.39 Å². The average Bonchev–Trinajstić information content (AvgIpc) is 2.71. The van der Waals surface area contributed by atoms with E-state index in [2.05, 4.69) is 5.10 Å². The maximum absolute atomic E-state index is 14.1. The minimum atomic E-state index is -1.03. The number of halogens is 1. The zero-order valence-corrected chi connectivity index (χ0v) is 9.12. The van der Waals surface area contributed by atoms with Gasteiger partial charge < -0.3 is 5.73 Å². The zero-order valence-electron chi connectivity index (χ0n) is 9.12. The summed E-state index contributed by atoms with van der Waals surface area (Å²) >= 11 is 0. The molecule has 0 bridgehead atoms. The third kappa shape index (κ3) is 2.56. The van der Waals surface area contributed by atoms with Gasteiger partial charge in [0.05, 0.1) is 6.20 Å². The van der Waals surface area contributed by atoms with Crippen molar-refractivity contribution in [3.8, 4) is 0 Å². The summed E-state index contributed by atoms with van der Waals surface area (Å²) in [7, 11) is 1.88. The fourth-order valence-corrected chi connectivity index (χ4v) is 2.31. The third-order valence-corrected chi connectivity index (χ3v) is 3.21. The van der Waals surface area contributed by atoms with Gasteiger partial charge in [-0.3, -0.25) is 4.68 Å². The van der Waals surface area contributed by atoms with Crippen LogP contribution >= 0.6 is 0 Å². The average molecular weight is 211 g/mol. The number of rotatable bonds is 3. The van der Waals surface area contributed by atoms with E-state index >= 15 is 0 Å². The minimum absolute atomic E-state index is 0.0592. The van der Waals surface area contributed by atoms with Crippen LogP contribution in [0.25, 0.3) is 0 Å². The standard InChI is InChI=1S/C11H18FN3/c1-15-8-9(7-14-15)2-4-11(12)5-3-10(13)6-11/h7-8,10H,2-6,13H2,1H3. The lowest BCUT2D eigenvalue weighted by Gasteiger charge is -2.18. The van der Waals surface area contributed by atoms with Gasteiger partial charge in [0, 0.05) is 19.3 Å². The Bertz CT molecular complexity index is 336. The van der Waals surface area contributed by atoms with Crippen molar-refractivity contribution in [1.82, 2.24) is 9.78 Å². The minimum Gasteiger partial charge on any atom is -0.328 e. The number of alkyl halides is 1. The van der Waals surface area contributed by atoms with Gasteiger partial charge in [-0.1, -0.05) is 0 Å². The maximum atomic E-state index is 14.1. The SMILES string of the molecule is Cn1cc(CCC2(F)CCC(N)C2)cn1. The molecule has 0 saturated heterocycles. The molecule has 1 aliphatic rings. The molecule has 0 aliphatic heterocycles. The summed E-state index contributed by atoms with van der Waals surface area (Å²) in [6.07, 6.45) is 7.05. The molecule has 2 unspecified atom stereocenters. The zero-order chi connectivity index (χ0) is 10.9. The highest BCUT2D eigenvalue weighted by molar-refractivity contribution is 5.05. The summed E-state index contributed by atoms with van der Waals surface area (Å²) in [5.74, 6) is 0. The van der Waals surface area contributed by atoms with E-state index in [0.717, 1.165) is 18.4 Å². The molecule has 84 valence electrons. The second kappa shape index (κ2) is 3.93. The molecule has 0 spiro atoms. The predicted molar refractivity (Wildman–Crippen MR) is 57.2 cm³/mol. The van der Waals surface area contributed by atoms with E-state index in [4.69, 9.17) is 5.73 Å². The van der Waals surface area contributed by atoms with E-state index in [0.29, 0.717) is 19.3 Å². The quantitative estimate of drug-likeness (QED) is 0.824. The van der Waals surface area contributed by atoms with Gasteiger partial charge >= 0.3 is 0 Å². The predicted octanol–water partition coefficient (Wildman–Crippen LogP) is 1.57. The molecule has 2 N–H and O–H groups in total. The summed E-state index contributed by atoms with van der Waals surface area (Å²) in [5.41, 5.74) is 5.80. The molecule has 1 aromatic heterocycles. The molecule has 2 rings (SSSR count). The van der Waals surface area contributed by atoms with Crippen LogP contribution in [-0.2, 0) is 13.5 Å². The van der Waals surface area contributed by atoms with Gasteiger partial charge in [-0.15, -0.1) is 0 Å². The summed E-state index contributed by atoms with van der Waals surface area (Å²) in [6.45, 7) is 0. The highest BCUT2D eigenvalue weighted by Gasteiger charge is 2.37. The Kier molecular flexibility index (Phi) is 2.78. The normalized spacial score (nSPS) is 31.0. The lowest BCUT2D eigenvalue weighted by molar-refractivity contribution is 0.157. The number of nitrogens with two attached hydrogens (primary N) is 1. The second-order valence-electron chi connectivity index (χ2n) is 4.68. The van der Waals surface area contributed by atoms with Crippen LogP contribution in [-0.4, -0.2) is 21.5 Å². The topological polar surface area (TPSA) is 43.8 Å². The molecular formula is C11H18FN3. The van der Waals surface area contributed by atoms with Gasteiger partial charge in [0.25, 0.3) is 0 Å². The van der Waals surface area contributed by atoms with Crippen LogP contribution in [0.2, 0.25) is 0 Å². The summed E-state index contributed by atoms with van der Waals surface area (Å²) in [6, 6.07) is 0.0592. The molecule has 1 heterocycles. The van der Waals surface area contributed by atoms with E-state index in [9.17, 15) is 4.39 Å². The molecule has 1 aromatic rings. The number of hydrogen-bond donors (Lipinski definition) is 1. The maximum Gasteiger partial charge on any atom is 0.113 e. The fraction of sp³-hybridized carbons (Fsp3) is 0.727. The first-order chi connectivity index (χ1) is 7.07. The first-order valence-corrected chi connectivity index (χ1v) is 5.49. The highest BCUT2D eigenvalue weighted by Crippen LogP contribution is 2.36. The third-order valence-electron chi connectivity index (χ3n) is 3.21. The molecule has 2 atom stereocenters. The van der Waals surface area contributed by atoms with Crippen molar-refractivity contribution in [2.24, 2.45) is 12.8 Å². The molecule has 3 nitrogen and oxygen atoms in total. The molecule has 15 heavy (non-hydrogen) atoms. The van der Waals surface area contributed by atoms with Gasteiger partial charge in [0.1, 0.15) is 5.67 Å². The van der Waals surface area contributed by atoms with Crippen LogP contribution in [0.5, 0.6) is 0 Å². The Labute approximate surface area is 89.5 Å². The molecule has 1 aliphatic carbocycles. The Balaban J connectivity index is 1.88. The fourth-order valence-electron chi connectivity index (χ4n) is 2.31. The van der Waals surface area contributed by atoms with Crippen LogP contribution in [0, 0.1) is 0 Å². The second-order valence-corrected chi connectivity index (χ2v) is 4.68. The number of hydrogen-bond acceptors (Lipinski definition) is 2. The Morgan fingerprint density at radius 1 is 1.73 bits per heavy atom. The van der Waals surface area contributed by atoms with E-state index in [1.54, 1.807) is 10.9 Å². The van der Waals surface area contributed by atoms with Crippen molar-refractivity contribution >= 4 is 0 Å². The van der Waals surface area contributed by atoms with E-state index in [1.165, 1.54) is 0 Å². The first kappa shape index (κ1) is 10.6. The summed E-state index contributed by atoms with van der Waals surface area (Å²) in [5, 5.41) is 4.07. The smallest absolute Gasteiger partial charge is 0.113 e. The molecule has 0 amide bonds. The van der Waals surface area contributed by atoms with Crippen molar-refractivity contribution in [3.63, 3.8) is 0 Å². The molecule has 0 aromatic carbocycles. The lowest BCUT2D eigenvalue weighted by Crippen LogP contribution is -2.23. The Morgan fingerprint density at radius 3 is 3.07 bits per heavy atom. The number of nitrogens with zero attached hydrogens (tertiary/aromatic N) is 2. The molecule has 4 heteroatoms. The van der Waals surface area contributed by atoms with Gasteiger partial charge in [0.15, 0.2) is 0 Å². The highest BCUT2D eigenvalue weighted by atomic mass is 19.1. The van der Waals surface area contributed by atoms with Crippen molar-refractivity contribution in [1.29, 1.82) is 0 Å². The van der Waals surface area contributed by atoms with Gasteiger partial charge in [-0.05, 0) is 37.7 Å².